The van der Waals surface area contributed by atoms with E-state index in [1.165, 1.54) is 28.0 Å². The summed E-state index contributed by atoms with van der Waals surface area (Å²) in [5, 5.41) is 20.1. The van der Waals surface area contributed by atoms with Crippen LogP contribution in [0.3, 0.4) is 0 Å². The van der Waals surface area contributed by atoms with E-state index in [1.807, 2.05) is 38.1 Å². The lowest BCUT2D eigenvalue weighted by atomic mass is 9.80. The number of aryl methyl sites for hydroxylation is 1. The van der Waals surface area contributed by atoms with Crippen molar-refractivity contribution in [1.82, 2.24) is 40.3 Å². The number of aliphatic hydroxyl groups is 1. The molecule has 0 bridgehead atoms. The number of alkyl halides is 1. The minimum Gasteiger partial charge on any atom is -0.492 e. The zero-order valence-electron chi connectivity index (χ0n) is 43.5. The van der Waals surface area contributed by atoms with E-state index in [0.29, 0.717) is 64.7 Å². The summed E-state index contributed by atoms with van der Waals surface area (Å²) in [6, 6.07) is 8.72. The van der Waals surface area contributed by atoms with Crippen LogP contribution in [0.15, 0.2) is 64.2 Å². The van der Waals surface area contributed by atoms with Crippen LogP contribution < -0.4 is 31.3 Å². The number of aliphatic hydroxyl groups excluding tert-OH is 1. The second kappa shape index (κ2) is 23.4. The minimum atomic E-state index is -1.99. The Hall–Kier alpha value is -5.45. The molecular formula is C53H69ClFN11O7S2. The monoisotopic (exact) mass is 1090 g/mol. The van der Waals surface area contributed by atoms with Crippen LogP contribution in [0.25, 0.3) is 10.4 Å². The van der Waals surface area contributed by atoms with E-state index in [1.54, 1.807) is 55.7 Å². The summed E-state index contributed by atoms with van der Waals surface area (Å²) in [5.74, 6) is -1.30. The molecule has 22 heteroatoms. The number of hydrogen-bond donors (Lipinski definition) is 5. The lowest BCUT2D eigenvalue weighted by Crippen LogP contribution is -2.59. The zero-order chi connectivity index (χ0) is 53.8. The number of amides is 5. The molecule has 5 heterocycles. The molecule has 4 aliphatic rings. The van der Waals surface area contributed by atoms with Gasteiger partial charge in [-0.25, -0.2) is 19.3 Å². The maximum absolute atomic E-state index is 14.7. The number of piperidine rings is 1. The molecule has 6 N–H and O–H groups in total. The molecule has 2 aromatic carbocycles. The van der Waals surface area contributed by atoms with Crippen molar-refractivity contribution in [2.75, 3.05) is 69.2 Å². The van der Waals surface area contributed by atoms with Gasteiger partial charge in [-0.05, 0) is 80.7 Å². The molecule has 0 spiro atoms. The molecule has 404 valence electrons. The fraction of sp³-hybridized carbons (Fsp3) is 0.547. The van der Waals surface area contributed by atoms with Gasteiger partial charge in [0.25, 0.3) is 5.91 Å². The lowest BCUT2D eigenvalue weighted by Gasteiger charge is -2.39. The predicted molar refractivity (Wildman–Crippen MR) is 287 cm³/mol. The van der Waals surface area contributed by atoms with Crippen molar-refractivity contribution in [3.05, 3.63) is 70.6 Å². The summed E-state index contributed by atoms with van der Waals surface area (Å²) in [7, 11) is 0. The third-order valence-corrected chi connectivity index (χ3v) is 17.2. The number of anilines is 2. The number of nitrogens with zero attached hydrogens (tertiary/aromatic N) is 7. The van der Waals surface area contributed by atoms with Crippen molar-refractivity contribution in [3.63, 3.8) is 0 Å². The SMILES string of the molecule is Cc1ncsc1-c1ccc(CNC(=O)[C@@H]2C[C@@H](O)CN2C(=O)[C@@H](NC(=O)C2(F)CC2)C(C)(C)C)c(OCCN2CCN(C(=O)CC(=O)Nc3cccc(Sc4cnc(N5CCC(C)(CN)CC5)cn4)c3Cl)[C@@H](C)C2)c1. The number of nitrogens with one attached hydrogen (secondary N) is 3. The van der Waals surface area contributed by atoms with Gasteiger partial charge >= 0.3 is 0 Å². The number of hydrogen-bond acceptors (Lipinski definition) is 15. The maximum atomic E-state index is 14.7. The van der Waals surface area contributed by atoms with E-state index in [-0.39, 0.29) is 62.7 Å². The van der Waals surface area contributed by atoms with Gasteiger partial charge in [0.2, 0.25) is 23.6 Å². The van der Waals surface area contributed by atoms with Crippen LogP contribution in [0, 0.1) is 17.8 Å². The van der Waals surface area contributed by atoms with Crippen LogP contribution in [0.1, 0.15) is 84.4 Å². The third kappa shape index (κ3) is 13.6. The molecule has 1 aliphatic carbocycles. The predicted octanol–water partition coefficient (Wildman–Crippen LogP) is 5.83. The molecule has 5 amide bonds. The van der Waals surface area contributed by atoms with E-state index in [9.17, 15) is 33.5 Å². The number of likely N-dealkylation sites (tertiary alicyclic amines) is 1. The smallest absolute Gasteiger partial charge is 0.258 e. The number of benzene rings is 2. The van der Waals surface area contributed by atoms with Gasteiger partial charge in [0, 0.05) is 75.3 Å². The standard InChI is InChI=1S/C53H69ClFN11O7S2/c1-32-28-63(18-19-65(32)44(69)24-42(68)61-37-8-7-9-40(45(37)54)75-43-27-57-41(26-58-43)64-16-14-52(6,30-56)15-17-64)20-21-73-39-22-34(46-33(2)60-31-74-46)10-11-35(39)25-59-48(70)38-23-36(67)29-66(38)49(71)47(51(3,4)5)62-50(72)53(55)12-13-53/h7-11,22,26-27,31-32,36,38,47,67H,12-21,23-25,28-30,56H2,1-6H3,(H,59,70)(H,61,68)(H,62,72)/t32-,36+,38-,47+/m0/s1. The fourth-order valence-electron chi connectivity index (χ4n) is 9.70. The van der Waals surface area contributed by atoms with Gasteiger partial charge in [0.05, 0.1) is 45.3 Å². The number of ether oxygens (including phenoxy) is 1. The zero-order valence-corrected chi connectivity index (χ0v) is 45.9. The van der Waals surface area contributed by atoms with Crippen molar-refractivity contribution in [2.24, 2.45) is 16.6 Å². The molecule has 0 unspecified atom stereocenters. The number of aromatic nitrogens is 3. The summed E-state index contributed by atoms with van der Waals surface area (Å²) >= 11 is 9.63. The fourth-order valence-corrected chi connectivity index (χ4v) is 11.6. The van der Waals surface area contributed by atoms with Crippen LogP contribution in [-0.4, -0.2) is 153 Å². The molecule has 4 atom stereocenters. The van der Waals surface area contributed by atoms with Gasteiger partial charge in [0.15, 0.2) is 5.67 Å². The molecule has 1 saturated carbocycles. The molecule has 75 heavy (non-hydrogen) atoms. The van der Waals surface area contributed by atoms with E-state index in [4.69, 9.17) is 22.1 Å². The summed E-state index contributed by atoms with van der Waals surface area (Å²) < 4.78 is 21.2. The molecule has 2 aromatic heterocycles. The Kier molecular flexibility index (Phi) is 17.4. The Morgan fingerprint density at radius 2 is 1.77 bits per heavy atom. The number of carbonyl (C=O) groups is 5. The van der Waals surface area contributed by atoms with Crippen LogP contribution >= 0.6 is 34.7 Å². The highest BCUT2D eigenvalue weighted by Gasteiger charge is 2.53. The first-order valence-corrected chi connectivity index (χ1v) is 27.7. The molecule has 4 aromatic rings. The molecule has 4 fully saturated rings. The Morgan fingerprint density at radius 3 is 2.43 bits per heavy atom. The first kappa shape index (κ1) is 55.8. The number of piperazine rings is 1. The average Bonchev–Trinajstić information content (AvgIpc) is 3.79. The summed E-state index contributed by atoms with van der Waals surface area (Å²) in [6.07, 6.45) is 4.34. The number of carbonyl (C=O) groups excluding carboxylic acids is 5. The van der Waals surface area contributed by atoms with Crippen LogP contribution in [0.2, 0.25) is 5.02 Å². The first-order chi connectivity index (χ1) is 35.6. The Morgan fingerprint density at radius 1 is 1.01 bits per heavy atom. The van der Waals surface area contributed by atoms with Gasteiger partial charge in [-0.15, -0.1) is 11.3 Å². The first-order valence-electron chi connectivity index (χ1n) is 25.6. The van der Waals surface area contributed by atoms with Gasteiger partial charge in [-0.1, -0.05) is 69.3 Å². The number of halogens is 2. The van der Waals surface area contributed by atoms with Gasteiger partial charge in [0.1, 0.15) is 41.7 Å². The lowest BCUT2D eigenvalue weighted by molar-refractivity contribution is -0.145. The highest BCUT2D eigenvalue weighted by Crippen LogP contribution is 2.41. The van der Waals surface area contributed by atoms with Crippen molar-refractivity contribution in [2.45, 2.75) is 126 Å². The molecular weight excluding hydrogens is 1020 g/mol. The summed E-state index contributed by atoms with van der Waals surface area (Å²) in [6.45, 7) is 16.1. The van der Waals surface area contributed by atoms with E-state index >= 15 is 0 Å². The second-order valence-electron chi connectivity index (χ2n) is 21.7. The van der Waals surface area contributed by atoms with Crippen LogP contribution in [0.4, 0.5) is 15.9 Å². The average molecular weight is 1090 g/mol. The summed E-state index contributed by atoms with van der Waals surface area (Å²) in [4.78, 5) is 90.3. The number of thiazole rings is 1. The van der Waals surface area contributed by atoms with E-state index in [0.717, 1.165) is 47.9 Å². The summed E-state index contributed by atoms with van der Waals surface area (Å²) in [5.41, 5.74) is 7.95. The van der Waals surface area contributed by atoms with Gasteiger partial charge in [-0.3, -0.25) is 28.9 Å². The molecule has 3 saturated heterocycles. The topological polar surface area (TPSA) is 229 Å². The highest BCUT2D eigenvalue weighted by molar-refractivity contribution is 7.99. The quantitative estimate of drug-likeness (QED) is 0.0740. The molecule has 3 aliphatic heterocycles. The number of rotatable bonds is 18. The second-order valence-corrected chi connectivity index (χ2v) is 24.0. The van der Waals surface area contributed by atoms with Gasteiger partial charge in [-0.2, -0.15) is 0 Å². The van der Waals surface area contributed by atoms with Crippen molar-refractivity contribution in [1.29, 1.82) is 0 Å². The largest absolute Gasteiger partial charge is 0.492 e. The Labute approximate surface area is 451 Å². The molecule has 0 radical (unpaired) electrons. The molecule has 18 nitrogen and oxygen atoms in total. The number of β-amino-alcohol motifs (C(OH)–C–C–N with tert-alkyl or cyclic N) is 1. The normalized spacial score (nSPS) is 20.8. The third-order valence-electron chi connectivity index (χ3n) is 14.7. The Bertz CT molecular complexity index is 2730. The minimum absolute atomic E-state index is 0.00119. The maximum Gasteiger partial charge on any atom is 0.258 e. The van der Waals surface area contributed by atoms with Gasteiger partial charge < -0.3 is 46.2 Å². The Balaban J connectivity index is 0.828. The van der Waals surface area contributed by atoms with Crippen molar-refractivity contribution in [3.8, 4) is 16.2 Å². The van der Waals surface area contributed by atoms with Crippen molar-refractivity contribution < 1.29 is 38.2 Å². The molecule has 8 rings (SSSR count). The van der Waals surface area contributed by atoms with Crippen LogP contribution in [-0.2, 0) is 30.5 Å². The highest BCUT2D eigenvalue weighted by atomic mass is 35.5. The van der Waals surface area contributed by atoms with Crippen LogP contribution in [0.5, 0.6) is 5.75 Å². The van der Waals surface area contributed by atoms with E-state index < -0.39 is 52.9 Å². The van der Waals surface area contributed by atoms with Crippen molar-refractivity contribution >= 4 is 75.7 Å². The number of nitrogens with two attached hydrogens (primary N) is 1. The van der Waals surface area contributed by atoms with E-state index in [2.05, 4.69) is 47.6 Å².